The van der Waals surface area contributed by atoms with E-state index in [9.17, 15) is 10.2 Å². The first-order valence-corrected chi connectivity index (χ1v) is 18.0. The van der Waals surface area contributed by atoms with Crippen LogP contribution in [0.2, 0.25) is 0 Å². The van der Waals surface area contributed by atoms with Crippen molar-refractivity contribution in [2.45, 2.75) is 160 Å². The molecule has 3 nitrogen and oxygen atoms in total. The van der Waals surface area contributed by atoms with Gasteiger partial charge in [-0.3, -0.25) is 4.90 Å². The lowest BCUT2D eigenvalue weighted by Crippen LogP contribution is -2.38. The van der Waals surface area contributed by atoms with Crippen molar-refractivity contribution in [3.63, 3.8) is 0 Å². The fraction of sp³-hybridized carbons (Fsp3) is 0.829. The minimum Gasteiger partial charge on any atom is -0.392 e. The highest BCUT2D eigenvalue weighted by atomic mass is 32.2. The van der Waals surface area contributed by atoms with Crippen LogP contribution in [0.25, 0.3) is 0 Å². The smallest absolute Gasteiger partial charge is 0.0667 e. The monoisotopic (exact) mass is 563 g/mol. The number of thioether (sulfide) groups is 1. The molecule has 1 aromatic rings. The fourth-order valence-corrected chi connectivity index (χ4v) is 6.35. The van der Waals surface area contributed by atoms with Crippen LogP contribution in [0, 0.1) is 0 Å². The first-order chi connectivity index (χ1) is 19.2. The summed E-state index contributed by atoms with van der Waals surface area (Å²) in [6.45, 7) is 6.94. The Balaban J connectivity index is 2.28. The molecule has 0 saturated heterocycles. The SMILES string of the molecule is CCCCCCCCCCC(O)CN(CCCCSCc1ccccc1)CC(O)CCCCCCCCCC. The van der Waals surface area contributed by atoms with Crippen molar-refractivity contribution in [2.24, 2.45) is 0 Å². The molecule has 0 aliphatic heterocycles. The van der Waals surface area contributed by atoms with E-state index in [-0.39, 0.29) is 12.2 Å². The lowest BCUT2D eigenvalue weighted by atomic mass is 10.0. The van der Waals surface area contributed by atoms with E-state index >= 15 is 0 Å². The van der Waals surface area contributed by atoms with E-state index in [1.54, 1.807) is 0 Å². The summed E-state index contributed by atoms with van der Waals surface area (Å²) in [4.78, 5) is 2.35. The molecule has 0 saturated carbocycles. The van der Waals surface area contributed by atoms with Gasteiger partial charge in [-0.05, 0) is 43.5 Å². The quantitative estimate of drug-likeness (QED) is 0.0952. The molecule has 0 bridgehead atoms. The molecule has 0 aromatic heterocycles. The van der Waals surface area contributed by atoms with Crippen LogP contribution in [-0.4, -0.2) is 52.7 Å². The molecule has 228 valence electrons. The number of unbranched alkanes of at least 4 members (excludes halogenated alkanes) is 15. The number of hydrogen-bond donors (Lipinski definition) is 2. The van der Waals surface area contributed by atoms with E-state index < -0.39 is 0 Å². The van der Waals surface area contributed by atoms with Crippen LogP contribution in [0.1, 0.15) is 148 Å². The number of hydrogen-bond acceptors (Lipinski definition) is 4. The summed E-state index contributed by atoms with van der Waals surface area (Å²) in [6.07, 6.45) is 24.4. The predicted molar refractivity (Wildman–Crippen MR) is 175 cm³/mol. The first kappa shape index (κ1) is 36.5. The summed E-state index contributed by atoms with van der Waals surface area (Å²) in [5.74, 6) is 2.25. The molecule has 4 heteroatoms. The van der Waals surface area contributed by atoms with Gasteiger partial charge in [0.2, 0.25) is 0 Å². The van der Waals surface area contributed by atoms with E-state index in [1.165, 1.54) is 108 Å². The Bertz CT molecular complexity index is 586. The molecule has 0 spiro atoms. The minimum absolute atomic E-state index is 0.270. The van der Waals surface area contributed by atoms with E-state index in [0.717, 1.165) is 44.4 Å². The van der Waals surface area contributed by atoms with Crippen LogP contribution < -0.4 is 0 Å². The average molecular weight is 564 g/mol. The Hall–Kier alpha value is -0.550. The summed E-state index contributed by atoms with van der Waals surface area (Å²) in [6, 6.07) is 10.7. The third-order valence-electron chi connectivity index (χ3n) is 7.84. The van der Waals surface area contributed by atoms with Crippen LogP contribution in [0.4, 0.5) is 0 Å². The second-order valence-electron chi connectivity index (χ2n) is 11.8. The van der Waals surface area contributed by atoms with Crippen LogP contribution in [0.3, 0.4) is 0 Å². The van der Waals surface area contributed by atoms with Crippen molar-refractivity contribution in [2.75, 3.05) is 25.4 Å². The second-order valence-corrected chi connectivity index (χ2v) is 12.9. The molecule has 2 atom stereocenters. The number of aliphatic hydroxyl groups is 2. The van der Waals surface area contributed by atoms with Crippen molar-refractivity contribution >= 4 is 11.8 Å². The van der Waals surface area contributed by atoms with Gasteiger partial charge in [-0.25, -0.2) is 0 Å². The fourth-order valence-electron chi connectivity index (χ4n) is 5.37. The molecule has 2 unspecified atom stereocenters. The van der Waals surface area contributed by atoms with Crippen molar-refractivity contribution in [3.8, 4) is 0 Å². The maximum absolute atomic E-state index is 10.8. The Labute approximate surface area is 247 Å². The first-order valence-electron chi connectivity index (χ1n) is 16.9. The summed E-state index contributed by atoms with van der Waals surface area (Å²) >= 11 is 2.01. The Morgan fingerprint density at radius 3 is 1.54 bits per heavy atom. The van der Waals surface area contributed by atoms with Crippen molar-refractivity contribution in [3.05, 3.63) is 35.9 Å². The zero-order chi connectivity index (χ0) is 28.2. The average Bonchev–Trinajstić information content (AvgIpc) is 2.94. The standard InChI is InChI=1S/C35H65NO2S/c1-3-5-7-9-11-13-15-20-26-34(37)30-36(28-22-23-29-39-32-33-24-18-17-19-25-33)31-35(38)27-21-16-14-12-10-8-6-4-2/h17-19,24-25,34-35,37-38H,3-16,20-23,26-32H2,1-2H3. The van der Waals surface area contributed by atoms with Gasteiger partial charge >= 0.3 is 0 Å². The second kappa shape index (κ2) is 27.6. The predicted octanol–water partition coefficient (Wildman–Crippen LogP) is 9.79. The summed E-state index contributed by atoms with van der Waals surface area (Å²) in [5, 5.41) is 21.6. The van der Waals surface area contributed by atoms with Gasteiger partial charge in [-0.15, -0.1) is 0 Å². The molecular formula is C35H65NO2S. The summed E-state index contributed by atoms with van der Waals surface area (Å²) < 4.78 is 0. The Morgan fingerprint density at radius 2 is 1.05 bits per heavy atom. The maximum Gasteiger partial charge on any atom is 0.0667 e. The van der Waals surface area contributed by atoms with Crippen LogP contribution >= 0.6 is 11.8 Å². The van der Waals surface area contributed by atoms with Gasteiger partial charge < -0.3 is 10.2 Å². The third kappa shape index (κ3) is 23.8. The highest BCUT2D eigenvalue weighted by Crippen LogP contribution is 2.16. The number of aliphatic hydroxyl groups excluding tert-OH is 2. The zero-order valence-electron chi connectivity index (χ0n) is 26.0. The zero-order valence-corrected chi connectivity index (χ0v) is 26.8. The number of rotatable bonds is 29. The highest BCUT2D eigenvalue weighted by Gasteiger charge is 2.15. The van der Waals surface area contributed by atoms with E-state index in [1.807, 2.05) is 11.8 Å². The molecule has 0 radical (unpaired) electrons. The molecule has 39 heavy (non-hydrogen) atoms. The minimum atomic E-state index is -0.270. The lowest BCUT2D eigenvalue weighted by molar-refractivity contribution is 0.0599. The third-order valence-corrected chi connectivity index (χ3v) is 8.96. The molecule has 0 aliphatic rings. The van der Waals surface area contributed by atoms with Crippen LogP contribution in [0.15, 0.2) is 30.3 Å². The topological polar surface area (TPSA) is 43.7 Å². The van der Waals surface area contributed by atoms with Gasteiger partial charge in [-0.1, -0.05) is 147 Å². The van der Waals surface area contributed by atoms with Crippen molar-refractivity contribution < 1.29 is 10.2 Å². The van der Waals surface area contributed by atoms with E-state index in [2.05, 4.69) is 49.1 Å². The van der Waals surface area contributed by atoms with E-state index in [0.29, 0.717) is 13.1 Å². The Morgan fingerprint density at radius 1 is 0.590 bits per heavy atom. The van der Waals surface area contributed by atoms with E-state index in [4.69, 9.17) is 0 Å². The lowest BCUT2D eigenvalue weighted by Gasteiger charge is -2.27. The van der Waals surface area contributed by atoms with Gasteiger partial charge in [0.1, 0.15) is 0 Å². The number of nitrogens with zero attached hydrogens (tertiary/aromatic N) is 1. The Kier molecular flexibility index (Phi) is 25.8. The molecule has 0 heterocycles. The molecule has 0 fully saturated rings. The van der Waals surface area contributed by atoms with Crippen molar-refractivity contribution in [1.82, 2.24) is 4.90 Å². The summed E-state index contributed by atoms with van der Waals surface area (Å²) in [7, 11) is 0. The van der Waals surface area contributed by atoms with Crippen molar-refractivity contribution in [1.29, 1.82) is 0 Å². The molecular weight excluding hydrogens is 498 g/mol. The molecule has 2 N–H and O–H groups in total. The molecule has 1 rings (SSSR count). The van der Waals surface area contributed by atoms with Gasteiger partial charge in [0, 0.05) is 18.8 Å². The molecule has 0 amide bonds. The van der Waals surface area contributed by atoms with Gasteiger partial charge in [0.05, 0.1) is 12.2 Å². The number of benzene rings is 1. The normalized spacial score (nSPS) is 13.3. The van der Waals surface area contributed by atoms with Gasteiger partial charge in [-0.2, -0.15) is 11.8 Å². The van der Waals surface area contributed by atoms with Gasteiger partial charge in [0.25, 0.3) is 0 Å². The highest BCUT2D eigenvalue weighted by molar-refractivity contribution is 7.98. The van der Waals surface area contributed by atoms with Crippen LogP contribution in [0.5, 0.6) is 0 Å². The summed E-state index contributed by atoms with van der Waals surface area (Å²) in [5.41, 5.74) is 1.40. The van der Waals surface area contributed by atoms with Gasteiger partial charge in [0.15, 0.2) is 0 Å². The van der Waals surface area contributed by atoms with Crippen LogP contribution in [-0.2, 0) is 5.75 Å². The maximum atomic E-state index is 10.8. The molecule has 1 aromatic carbocycles. The largest absolute Gasteiger partial charge is 0.392 e. The molecule has 0 aliphatic carbocycles.